The molecule has 8 heteroatoms. The maximum absolute atomic E-state index is 10.4. The second kappa shape index (κ2) is 13.0. The number of nitrogens with zero attached hydrogens (tertiary/aromatic N) is 4. The van der Waals surface area contributed by atoms with Crippen LogP contribution in [0.1, 0.15) is 42.1 Å². The molecular weight excluding hydrogens is 500 g/mol. The molecule has 3 aromatic rings. The summed E-state index contributed by atoms with van der Waals surface area (Å²) in [5.41, 5.74) is 12.0. The molecule has 0 amide bonds. The number of rotatable bonds is 10. The third-order valence-corrected chi connectivity index (χ3v) is 7.71. The van der Waals surface area contributed by atoms with Crippen LogP contribution in [-0.4, -0.2) is 64.8 Å². The third kappa shape index (κ3) is 6.64. The van der Waals surface area contributed by atoms with Crippen LogP contribution in [0.2, 0.25) is 0 Å². The van der Waals surface area contributed by atoms with E-state index in [4.69, 9.17) is 10.00 Å². The molecule has 0 aliphatic carbocycles. The number of nitrogens with one attached hydrogen (secondary N) is 2. The van der Waals surface area contributed by atoms with Crippen molar-refractivity contribution in [2.24, 2.45) is 0 Å². The van der Waals surface area contributed by atoms with E-state index in [9.17, 15) is 5.11 Å². The number of phenolic OH excluding ortho intramolecular Hbond substituents is 1. The van der Waals surface area contributed by atoms with Crippen molar-refractivity contribution < 1.29 is 9.84 Å². The molecule has 3 atom stereocenters. The molecule has 1 fully saturated rings. The first kappa shape index (κ1) is 27.7. The molecule has 40 heavy (non-hydrogen) atoms. The molecule has 2 aliphatic heterocycles. The van der Waals surface area contributed by atoms with Gasteiger partial charge in [-0.3, -0.25) is 14.8 Å². The Kier molecular flexibility index (Phi) is 8.99. The molecule has 3 N–H and O–H groups in total. The summed E-state index contributed by atoms with van der Waals surface area (Å²) in [6, 6.07) is 29.7. The highest BCUT2D eigenvalue weighted by atomic mass is 16.5. The molecule has 0 spiro atoms. The monoisotopic (exact) mass is 538 g/mol. The summed E-state index contributed by atoms with van der Waals surface area (Å²) in [4.78, 5) is 5.15. The van der Waals surface area contributed by atoms with Gasteiger partial charge in [0.2, 0.25) is 0 Å². The van der Waals surface area contributed by atoms with Crippen molar-refractivity contribution in [2.75, 3.05) is 32.8 Å². The van der Waals surface area contributed by atoms with E-state index in [0.717, 1.165) is 36.5 Å². The molecule has 0 saturated carbocycles. The van der Waals surface area contributed by atoms with Gasteiger partial charge in [-0.25, -0.2) is 0 Å². The lowest BCUT2D eigenvalue weighted by molar-refractivity contribution is 0.0195. The summed E-state index contributed by atoms with van der Waals surface area (Å²) in [5, 5.41) is 20.9. The lowest BCUT2D eigenvalue weighted by Gasteiger charge is -2.47. The highest BCUT2D eigenvalue weighted by Crippen LogP contribution is 2.35. The predicted octanol–water partition coefficient (Wildman–Crippen LogP) is 4.24. The Morgan fingerprint density at radius 3 is 2.52 bits per heavy atom. The summed E-state index contributed by atoms with van der Waals surface area (Å²) in [6.07, 6.45) is 2.01. The number of nitriles is 1. The van der Waals surface area contributed by atoms with Crippen LogP contribution >= 0.6 is 0 Å². The molecular formula is C32H38N6O2. The summed E-state index contributed by atoms with van der Waals surface area (Å²) >= 11 is 0. The van der Waals surface area contributed by atoms with Gasteiger partial charge in [-0.1, -0.05) is 66.7 Å². The second-order valence-electron chi connectivity index (χ2n) is 10.6. The standard InChI is InChI=1S/C32H38N6O2/c1-24-21-38(25(2)20-36(24)22-26-7-4-3-5-8-26)32(29-9-6-10-30(39)19-29)28-13-11-27(12-14-28)31-23-37(35-34-31)16-18-40-17-15-33/h3-14,19,23-25,32,34-35,39H,16-18,20-22H2,1-2H3/t24-,25+,32-/m1/s1. The summed E-state index contributed by atoms with van der Waals surface area (Å²) < 4.78 is 5.26. The molecule has 1 saturated heterocycles. The van der Waals surface area contributed by atoms with Crippen molar-refractivity contribution in [1.29, 1.82) is 5.26 Å². The maximum Gasteiger partial charge on any atom is 0.133 e. The van der Waals surface area contributed by atoms with E-state index in [0.29, 0.717) is 25.2 Å². The summed E-state index contributed by atoms with van der Waals surface area (Å²) in [5.74, 6) is 0.285. The fourth-order valence-corrected chi connectivity index (χ4v) is 5.64. The molecule has 0 unspecified atom stereocenters. The fraction of sp³-hybridized carbons (Fsp3) is 0.344. The van der Waals surface area contributed by atoms with Crippen molar-refractivity contribution in [1.82, 2.24) is 25.8 Å². The average Bonchev–Trinajstić information content (AvgIpc) is 3.44. The van der Waals surface area contributed by atoms with Crippen molar-refractivity contribution in [3.63, 3.8) is 0 Å². The molecule has 5 rings (SSSR count). The Morgan fingerprint density at radius 2 is 1.77 bits per heavy atom. The number of benzene rings is 3. The van der Waals surface area contributed by atoms with Gasteiger partial charge in [-0.05, 0) is 42.7 Å². The zero-order valence-corrected chi connectivity index (χ0v) is 23.2. The highest BCUT2D eigenvalue weighted by Gasteiger charge is 2.35. The van der Waals surface area contributed by atoms with E-state index in [2.05, 4.69) is 95.3 Å². The third-order valence-electron chi connectivity index (χ3n) is 7.71. The lowest BCUT2D eigenvalue weighted by Crippen LogP contribution is -2.56. The van der Waals surface area contributed by atoms with Gasteiger partial charge in [-0.2, -0.15) is 5.26 Å². The quantitative estimate of drug-likeness (QED) is 0.331. The van der Waals surface area contributed by atoms with Gasteiger partial charge >= 0.3 is 0 Å². The van der Waals surface area contributed by atoms with Crippen molar-refractivity contribution in [3.05, 3.63) is 107 Å². The number of aromatic hydroxyl groups is 1. The van der Waals surface area contributed by atoms with Crippen molar-refractivity contribution >= 4 is 5.70 Å². The van der Waals surface area contributed by atoms with E-state index in [-0.39, 0.29) is 18.4 Å². The second-order valence-corrected chi connectivity index (χ2v) is 10.6. The van der Waals surface area contributed by atoms with Crippen LogP contribution in [0.5, 0.6) is 5.75 Å². The van der Waals surface area contributed by atoms with Gasteiger partial charge in [0.05, 0.1) is 31.0 Å². The minimum absolute atomic E-state index is 0.0231. The van der Waals surface area contributed by atoms with Crippen LogP contribution in [0.15, 0.2) is 85.1 Å². The molecule has 0 bridgehead atoms. The Morgan fingerprint density at radius 1 is 0.975 bits per heavy atom. The van der Waals surface area contributed by atoms with Gasteiger partial charge < -0.3 is 15.3 Å². The van der Waals surface area contributed by atoms with E-state index >= 15 is 0 Å². The zero-order chi connectivity index (χ0) is 27.9. The molecule has 8 nitrogen and oxygen atoms in total. The minimum atomic E-state index is 0.0231. The van der Waals surface area contributed by atoms with Gasteiger partial charge in [0, 0.05) is 43.5 Å². The van der Waals surface area contributed by atoms with E-state index in [1.807, 2.05) is 29.4 Å². The number of hydrazine groups is 2. The molecule has 0 aromatic heterocycles. The number of phenols is 1. The van der Waals surface area contributed by atoms with Gasteiger partial charge in [0.15, 0.2) is 0 Å². The Bertz CT molecular complexity index is 1320. The van der Waals surface area contributed by atoms with Crippen molar-refractivity contribution in [3.8, 4) is 11.8 Å². The zero-order valence-electron chi connectivity index (χ0n) is 23.2. The molecule has 2 heterocycles. The van der Waals surface area contributed by atoms with E-state index < -0.39 is 0 Å². The first-order chi connectivity index (χ1) is 19.5. The molecule has 3 aromatic carbocycles. The number of piperazine rings is 1. The number of hydrogen-bond donors (Lipinski definition) is 3. The number of hydrogen-bond acceptors (Lipinski definition) is 8. The highest BCUT2D eigenvalue weighted by molar-refractivity contribution is 5.64. The lowest BCUT2D eigenvalue weighted by atomic mass is 9.92. The Hall–Kier alpha value is -3.87. The summed E-state index contributed by atoms with van der Waals surface area (Å²) in [7, 11) is 0. The van der Waals surface area contributed by atoms with Crippen molar-refractivity contribution in [2.45, 2.75) is 38.5 Å². The van der Waals surface area contributed by atoms with E-state index in [1.165, 1.54) is 11.1 Å². The first-order valence-electron chi connectivity index (χ1n) is 13.9. The topological polar surface area (TPSA) is 87.0 Å². The molecule has 208 valence electrons. The minimum Gasteiger partial charge on any atom is -0.508 e. The van der Waals surface area contributed by atoms with Gasteiger partial charge in [-0.15, -0.1) is 5.53 Å². The fourth-order valence-electron chi connectivity index (χ4n) is 5.64. The van der Waals surface area contributed by atoms with Gasteiger partial charge in [0.1, 0.15) is 12.4 Å². The van der Waals surface area contributed by atoms with Crippen LogP contribution in [-0.2, 0) is 11.3 Å². The molecule has 0 radical (unpaired) electrons. The van der Waals surface area contributed by atoms with E-state index in [1.54, 1.807) is 6.07 Å². The SMILES string of the molecule is C[C@@H]1CN([C@H](c2ccc(C3=CN(CCOCC#N)NN3)cc2)c2cccc(O)c2)[C@@H](C)CN1Cc1ccccc1. The largest absolute Gasteiger partial charge is 0.508 e. The first-order valence-corrected chi connectivity index (χ1v) is 13.9. The molecule has 2 aliphatic rings. The van der Waals surface area contributed by atoms with Crippen LogP contribution < -0.4 is 11.0 Å². The van der Waals surface area contributed by atoms with Crippen LogP contribution in [0.25, 0.3) is 5.70 Å². The maximum atomic E-state index is 10.4. The Balaban J connectivity index is 1.34. The van der Waals surface area contributed by atoms with Crippen LogP contribution in [0.3, 0.4) is 0 Å². The smallest absolute Gasteiger partial charge is 0.133 e. The number of ether oxygens (including phenoxy) is 1. The normalized spacial score (nSPS) is 20.5. The Labute approximate surface area is 237 Å². The van der Waals surface area contributed by atoms with Crippen LogP contribution in [0, 0.1) is 11.3 Å². The average molecular weight is 539 g/mol. The van der Waals surface area contributed by atoms with Gasteiger partial charge in [0.25, 0.3) is 0 Å². The summed E-state index contributed by atoms with van der Waals surface area (Å²) in [6.45, 7) is 8.65. The van der Waals surface area contributed by atoms with Crippen LogP contribution in [0.4, 0.5) is 0 Å². The predicted molar refractivity (Wildman–Crippen MR) is 156 cm³/mol.